The summed E-state index contributed by atoms with van der Waals surface area (Å²) in [7, 11) is 0. The molecule has 1 heterocycles. The van der Waals surface area contributed by atoms with Gasteiger partial charge in [-0.2, -0.15) is 0 Å². The van der Waals surface area contributed by atoms with Crippen molar-refractivity contribution >= 4 is 43.5 Å². The molecule has 0 fully saturated rings. The number of anilines is 1. The molecule has 8 heteroatoms. The molecule has 0 bridgehead atoms. The highest BCUT2D eigenvalue weighted by Crippen LogP contribution is 2.26. The van der Waals surface area contributed by atoms with Gasteiger partial charge in [0.25, 0.3) is 5.82 Å². The van der Waals surface area contributed by atoms with Gasteiger partial charge in [0, 0.05) is 0 Å². The zero-order valence-electron chi connectivity index (χ0n) is 9.03. The van der Waals surface area contributed by atoms with Gasteiger partial charge in [-0.05, 0) is 57.6 Å². The van der Waals surface area contributed by atoms with Gasteiger partial charge in [0.15, 0.2) is 4.60 Å². The highest BCUT2D eigenvalue weighted by molar-refractivity contribution is 9.11. The monoisotopic (exact) mass is 351 g/mol. The number of azo groups is 1. The Morgan fingerprint density at radius 3 is 2.31 bits per heavy atom. The minimum Gasteiger partial charge on any atom is -0.691 e. The SMILES string of the molecule is CC(C)(C)/N=[N+](/[O-])c1nc(N)c(Br)nc1Br. The Balaban J connectivity index is 3.24. The van der Waals surface area contributed by atoms with Gasteiger partial charge in [-0.3, -0.25) is 0 Å². The first-order chi connectivity index (χ1) is 7.20. The minimum atomic E-state index is -0.495. The van der Waals surface area contributed by atoms with Crippen LogP contribution in [0.5, 0.6) is 0 Å². The molecule has 0 aliphatic rings. The molecule has 0 amide bonds. The van der Waals surface area contributed by atoms with E-state index in [0.717, 1.165) is 0 Å². The van der Waals surface area contributed by atoms with Crippen LogP contribution in [0.1, 0.15) is 20.8 Å². The van der Waals surface area contributed by atoms with Crippen molar-refractivity contribution in [2.24, 2.45) is 5.11 Å². The number of aromatic nitrogens is 2. The van der Waals surface area contributed by atoms with Gasteiger partial charge < -0.3 is 10.9 Å². The molecule has 0 radical (unpaired) electrons. The topological polar surface area (TPSA) is 90.2 Å². The summed E-state index contributed by atoms with van der Waals surface area (Å²) in [5.41, 5.74) is 5.05. The molecular formula is C8H11Br2N5O. The Bertz CT molecular complexity index is 441. The molecule has 0 saturated heterocycles. The Labute approximate surface area is 110 Å². The molecule has 88 valence electrons. The van der Waals surface area contributed by atoms with Crippen LogP contribution >= 0.6 is 31.9 Å². The molecule has 0 saturated carbocycles. The molecule has 6 nitrogen and oxygen atoms in total. The number of hydrogen-bond donors (Lipinski definition) is 1. The zero-order valence-corrected chi connectivity index (χ0v) is 12.2. The van der Waals surface area contributed by atoms with Gasteiger partial charge >= 0.3 is 5.82 Å². The minimum absolute atomic E-state index is 0.0376. The summed E-state index contributed by atoms with van der Waals surface area (Å²) < 4.78 is 0.670. The highest BCUT2D eigenvalue weighted by atomic mass is 79.9. The number of nitrogen functional groups attached to an aromatic ring is 1. The maximum absolute atomic E-state index is 11.7. The van der Waals surface area contributed by atoms with Gasteiger partial charge in [0.05, 0.1) is 5.54 Å². The van der Waals surface area contributed by atoms with Crippen molar-refractivity contribution in [3.8, 4) is 0 Å². The molecule has 0 atom stereocenters. The number of nitrogens with two attached hydrogens (primary N) is 1. The second-order valence-corrected chi connectivity index (χ2v) is 5.56. The van der Waals surface area contributed by atoms with E-state index in [1.807, 2.05) is 0 Å². The maximum Gasteiger partial charge on any atom is 0.382 e. The van der Waals surface area contributed by atoms with Gasteiger partial charge in [0.1, 0.15) is 0 Å². The molecule has 0 spiro atoms. The predicted molar refractivity (Wildman–Crippen MR) is 67.3 cm³/mol. The fourth-order valence-corrected chi connectivity index (χ4v) is 1.76. The van der Waals surface area contributed by atoms with Crippen LogP contribution in [0.25, 0.3) is 0 Å². The molecule has 0 aromatic carbocycles. The van der Waals surface area contributed by atoms with Crippen LogP contribution in [0.4, 0.5) is 11.6 Å². The summed E-state index contributed by atoms with van der Waals surface area (Å²) >= 11 is 6.24. The van der Waals surface area contributed by atoms with Crippen LogP contribution in [-0.2, 0) is 0 Å². The van der Waals surface area contributed by atoms with E-state index in [1.165, 1.54) is 0 Å². The van der Waals surface area contributed by atoms with E-state index >= 15 is 0 Å². The van der Waals surface area contributed by atoms with Crippen molar-refractivity contribution in [1.82, 2.24) is 9.97 Å². The van der Waals surface area contributed by atoms with E-state index in [1.54, 1.807) is 20.8 Å². The number of rotatable bonds is 1. The third kappa shape index (κ3) is 3.38. The summed E-state index contributed by atoms with van der Waals surface area (Å²) in [4.78, 5) is 8.28. The second-order valence-electron chi connectivity index (χ2n) is 4.06. The Morgan fingerprint density at radius 1 is 1.25 bits per heavy atom. The van der Waals surface area contributed by atoms with Gasteiger partial charge in [0.2, 0.25) is 4.60 Å². The van der Waals surface area contributed by atoms with Crippen LogP contribution in [0, 0.1) is 5.21 Å². The van der Waals surface area contributed by atoms with E-state index < -0.39 is 5.54 Å². The quantitative estimate of drug-likeness (QED) is 0.478. The van der Waals surface area contributed by atoms with Crippen molar-refractivity contribution in [2.75, 3.05) is 5.73 Å². The molecule has 1 rings (SSSR count). The smallest absolute Gasteiger partial charge is 0.382 e. The fourth-order valence-electron chi connectivity index (χ4n) is 0.841. The summed E-state index contributed by atoms with van der Waals surface area (Å²) in [5, 5.41) is 15.6. The fraction of sp³-hybridized carbons (Fsp3) is 0.500. The first-order valence-corrected chi connectivity index (χ1v) is 5.98. The lowest BCUT2D eigenvalue weighted by Crippen LogP contribution is -2.14. The van der Waals surface area contributed by atoms with Crippen molar-refractivity contribution in [3.05, 3.63) is 14.4 Å². The molecule has 0 aliphatic carbocycles. The van der Waals surface area contributed by atoms with Crippen LogP contribution < -0.4 is 5.73 Å². The predicted octanol–water partition coefficient (Wildman–Crippen LogP) is 2.98. The lowest BCUT2D eigenvalue weighted by Gasteiger charge is -2.13. The standard InChI is InChI=1S/C8H11Br2N5O/c1-8(2,3)14-15(16)7-5(10)12-4(9)6(11)13-7/h1-3H3,(H2,11,13)/b15-14+. The molecule has 16 heavy (non-hydrogen) atoms. The summed E-state index contributed by atoms with van der Waals surface area (Å²) in [5.74, 6) is 0.179. The van der Waals surface area contributed by atoms with Gasteiger partial charge in [-0.25, -0.2) is 4.98 Å². The lowest BCUT2D eigenvalue weighted by molar-refractivity contribution is -0.454. The zero-order chi connectivity index (χ0) is 12.5. The first-order valence-electron chi connectivity index (χ1n) is 4.39. The third-order valence-corrected chi connectivity index (χ3v) is 2.51. The van der Waals surface area contributed by atoms with Crippen molar-refractivity contribution in [1.29, 1.82) is 0 Å². The van der Waals surface area contributed by atoms with Gasteiger partial charge in [-0.1, -0.05) is 0 Å². The Hall–Kier alpha value is -0.760. The van der Waals surface area contributed by atoms with Crippen molar-refractivity contribution in [3.63, 3.8) is 0 Å². The van der Waals surface area contributed by atoms with Gasteiger partial charge in [-0.15, -0.1) is 9.97 Å². The largest absolute Gasteiger partial charge is 0.691 e. The first kappa shape index (κ1) is 13.3. The van der Waals surface area contributed by atoms with Crippen LogP contribution in [0.15, 0.2) is 14.3 Å². The van der Waals surface area contributed by atoms with Crippen LogP contribution in [-0.4, -0.2) is 20.4 Å². The molecule has 2 N–H and O–H groups in total. The van der Waals surface area contributed by atoms with E-state index in [-0.39, 0.29) is 16.2 Å². The lowest BCUT2D eigenvalue weighted by atomic mass is 10.1. The second kappa shape index (κ2) is 4.62. The average molecular weight is 353 g/mol. The third-order valence-electron chi connectivity index (χ3n) is 1.39. The summed E-state index contributed by atoms with van der Waals surface area (Å²) in [6.07, 6.45) is 0. The van der Waals surface area contributed by atoms with E-state index in [9.17, 15) is 5.21 Å². The number of nitrogens with zero attached hydrogens (tertiary/aromatic N) is 4. The molecular weight excluding hydrogens is 342 g/mol. The van der Waals surface area contributed by atoms with Crippen LogP contribution in [0.2, 0.25) is 0 Å². The average Bonchev–Trinajstić information content (AvgIpc) is 2.08. The highest BCUT2D eigenvalue weighted by Gasteiger charge is 2.20. The number of halogens is 2. The molecule has 0 unspecified atom stereocenters. The van der Waals surface area contributed by atoms with Crippen molar-refractivity contribution in [2.45, 2.75) is 26.3 Å². The molecule has 0 aliphatic heterocycles. The summed E-state index contributed by atoms with van der Waals surface area (Å²) in [6, 6.07) is 0. The Morgan fingerprint density at radius 2 is 1.81 bits per heavy atom. The normalized spacial score (nSPS) is 12.9. The Kier molecular flexibility index (Phi) is 3.84. The molecule has 1 aromatic heterocycles. The summed E-state index contributed by atoms with van der Waals surface area (Å²) in [6.45, 7) is 5.42. The number of hydrogen-bond acceptors (Lipinski definition) is 5. The van der Waals surface area contributed by atoms with Crippen molar-refractivity contribution < 1.29 is 4.86 Å². The van der Waals surface area contributed by atoms with E-state index in [4.69, 9.17) is 5.73 Å². The molecule has 1 aromatic rings. The van der Waals surface area contributed by atoms with E-state index in [2.05, 4.69) is 46.9 Å². The van der Waals surface area contributed by atoms with E-state index in [0.29, 0.717) is 9.46 Å². The van der Waals surface area contributed by atoms with Crippen LogP contribution in [0.3, 0.4) is 0 Å². The maximum atomic E-state index is 11.7.